The molecule has 0 aromatic heterocycles. The van der Waals surface area contributed by atoms with Crippen molar-refractivity contribution in [2.45, 2.75) is 17.1 Å². The van der Waals surface area contributed by atoms with Crippen LogP contribution < -0.4 is 0 Å². The van der Waals surface area contributed by atoms with E-state index in [4.69, 9.17) is 11.6 Å². The predicted octanol–water partition coefficient (Wildman–Crippen LogP) is 2.91. The number of nitrogens with zero attached hydrogens (tertiary/aromatic N) is 1. The SMILES string of the molecule is C[C@@H](Sc1ccc(Cl)cc1)C(=O)N(C)C. The van der Waals surface area contributed by atoms with Crippen molar-refractivity contribution in [2.24, 2.45) is 0 Å². The highest BCUT2D eigenvalue weighted by molar-refractivity contribution is 8.00. The van der Waals surface area contributed by atoms with Crippen LogP contribution in [-0.4, -0.2) is 30.2 Å². The van der Waals surface area contributed by atoms with Crippen LogP contribution in [-0.2, 0) is 4.79 Å². The van der Waals surface area contributed by atoms with Crippen molar-refractivity contribution in [1.29, 1.82) is 0 Å². The molecule has 4 heteroatoms. The van der Waals surface area contributed by atoms with E-state index in [1.54, 1.807) is 19.0 Å². The Balaban J connectivity index is 2.62. The first kappa shape index (κ1) is 12.4. The van der Waals surface area contributed by atoms with Gasteiger partial charge in [-0.25, -0.2) is 0 Å². The lowest BCUT2D eigenvalue weighted by Gasteiger charge is -2.16. The average Bonchev–Trinajstić information content (AvgIpc) is 2.20. The highest BCUT2D eigenvalue weighted by Gasteiger charge is 2.15. The third-order valence-electron chi connectivity index (χ3n) is 1.92. The van der Waals surface area contributed by atoms with E-state index in [-0.39, 0.29) is 11.2 Å². The highest BCUT2D eigenvalue weighted by Crippen LogP contribution is 2.25. The smallest absolute Gasteiger partial charge is 0.235 e. The minimum atomic E-state index is -0.0684. The Morgan fingerprint density at radius 3 is 2.33 bits per heavy atom. The second-order valence-corrected chi connectivity index (χ2v) is 5.30. The number of halogens is 1. The first-order chi connectivity index (χ1) is 7.00. The zero-order valence-electron chi connectivity index (χ0n) is 9.03. The zero-order valence-corrected chi connectivity index (χ0v) is 10.6. The van der Waals surface area contributed by atoms with Gasteiger partial charge in [0.2, 0.25) is 5.91 Å². The maximum absolute atomic E-state index is 11.6. The quantitative estimate of drug-likeness (QED) is 0.761. The van der Waals surface area contributed by atoms with Crippen LogP contribution in [0.4, 0.5) is 0 Å². The Morgan fingerprint density at radius 1 is 1.33 bits per heavy atom. The molecule has 0 aliphatic carbocycles. The number of carbonyl (C=O) groups excluding carboxylic acids is 1. The molecule has 15 heavy (non-hydrogen) atoms. The van der Waals surface area contributed by atoms with Gasteiger partial charge in [-0.3, -0.25) is 4.79 Å². The molecule has 1 rings (SSSR count). The number of amides is 1. The summed E-state index contributed by atoms with van der Waals surface area (Å²) in [5.74, 6) is 0.120. The van der Waals surface area contributed by atoms with E-state index >= 15 is 0 Å². The van der Waals surface area contributed by atoms with E-state index in [1.165, 1.54) is 11.8 Å². The van der Waals surface area contributed by atoms with Crippen molar-refractivity contribution in [3.63, 3.8) is 0 Å². The Hall–Kier alpha value is -0.670. The number of carbonyl (C=O) groups is 1. The molecule has 0 aliphatic heterocycles. The molecule has 0 heterocycles. The lowest BCUT2D eigenvalue weighted by atomic mass is 10.4. The van der Waals surface area contributed by atoms with Crippen molar-refractivity contribution in [3.8, 4) is 0 Å². The fourth-order valence-corrected chi connectivity index (χ4v) is 2.27. The van der Waals surface area contributed by atoms with Crippen LogP contribution in [0.15, 0.2) is 29.2 Å². The van der Waals surface area contributed by atoms with Crippen molar-refractivity contribution in [2.75, 3.05) is 14.1 Å². The normalized spacial score (nSPS) is 12.3. The van der Waals surface area contributed by atoms with Crippen LogP contribution in [0.3, 0.4) is 0 Å². The second kappa shape index (κ2) is 5.42. The fraction of sp³-hybridized carbons (Fsp3) is 0.364. The topological polar surface area (TPSA) is 20.3 Å². The van der Waals surface area contributed by atoms with Crippen LogP contribution >= 0.6 is 23.4 Å². The molecule has 0 bridgehead atoms. The van der Waals surface area contributed by atoms with Gasteiger partial charge < -0.3 is 4.90 Å². The van der Waals surface area contributed by atoms with Crippen LogP contribution in [0.2, 0.25) is 5.02 Å². The summed E-state index contributed by atoms with van der Waals surface area (Å²) in [6.45, 7) is 1.90. The Morgan fingerprint density at radius 2 is 1.87 bits per heavy atom. The summed E-state index contributed by atoms with van der Waals surface area (Å²) < 4.78 is 0. The maximum Gasteiger partial charge on any atom is 0.235 e. The molecule has 0 fully saturated rings. The Kier molecular flexibility index (Phi) is 4.48. The van der Waals surface area contributed by atoms with Gasteiger partial charge >= 0.3 is 0 Å². The summed E-state index contributed by atoms with van der Waals surface area (Å²) in [6.07, 6.45) is 0. The van der Waals surface area contributed by atoms with Crippen LogP contribution in [0.25, 0.3) is 0 Å². The van der Waals surface area contributed by atoms with E-state index < -0.39 is 0 Å². The summed E-state index contributed by atoms with van der Waals surface area (Å²) in [5, 5.41) is 0.645. The van der Waals surface area contributed by atoms with Gasteiger partial charge in [-0.2, -0.15) is 0 Å². The second-order valence-electron chi connectivity index (χ2n) is 3.45. The largest absolute Gasteiger partial charge is 0.348 e. The van der Waals surface area contributed by atoms with Crippen molar-refractivity contribution < 1.29 is 4.79 Å². The molecule has 1 amide bonds. The number of rotatable bonds is 3. The van der Waals surface area contributed by atoms with Crippen molar-refractivity contribution in [3.05, 3.63) is 29.3 Å². The Labute approximate surface area is 99.6 Å². The summed E-state index contributed by atoms with van der Waals surface area (Å²) in [5.41, 5.74) is 0. The van der Waals surface area contributed by atoms with Gasteiger partial charge in [-0.1, -0.05) is 11.6 Å². The number of hydrogen-bond acceptors (Lipinski definition) is 2. The molecule has 0 unspecified atom stereocenters. The molecule has 0 saturated carbocycles. The Bertz CT molecular complexity index is 337. The van der Waals surface area contributed by atoms with Crippen molar-refractivity contribution in [1.82, 2.24) is 4.90 Å². The molecular weight excluding hydrogens is 230 g/mol. The van der Waals surface area contributed by atoms with Crippen LogP contribution in [0.5, 0.6) is 0 Å². The average molecular weight is 244 g/mol. The van der Waals surface area contributed by atoms with Gasteiger partial charge in [0.1, 0.15) is 0 Å². The van der Waals surface area contributed by atoms with Gasteiger partial charge in [0, 0.05) is 24.0 Å². The van der Waals surface area contributed by atoms with E-state index in [0.29, 0.717) is 5.02 Å². The third kappa shape index (κ3) is 3.76. The van der Waals surface area contributed by atoms with E-state index in [0.717, 1.165) is 4.90 Å². The lowest BCUT2D eigenvalue weighted by molar-refractivity contribution is -0.127. The fourth-order valence-electron chi connectivity index (χ4n) is 1.13. The lowest BCUT2D eigenvalue weighted by Crippen LogP contribution is -2.29. The van der Waals surface area contributed by atoms with E-state index in [2.05, 4.69) is 0 Å². The standard InChI is InChI=1S/C11H14ClNOS/c1-8(11(14)13(2)3)15-10-6-4-9(12)5-7-10/h4-8H,1-3H3/t8-/m1/s1. The first-order valence-electron chi connectivity index (χ1n) is 4.64. The molecule has 1 aromatic carbocycles. The van der Waals surface area contributed by atoms with Gasteiger partial charge in [0.15, 0.2) is 0 Å². The zero-order chi connectivity index (χ0) is 11.4. The molecule has 2 nitrogen and oxygen atoms in total. The van der Waals surface area contributed by atoms with Gasteiger partial charge in [0.25, 0.3) is 0 Å². The molecule has 0 aliphatic rings. The number of benzene rings is 1. The monoisotopic (exact) mass is 243 g/mol. The summed E-state index contributed by atoms with van der Waals surface area (Å²) in [6, 6.07) is 7.51. The molecule has 1 aromatic rings. The summed E-state index contributed by atoms with van der Waals surface area (Å²) >= 11 is 7.32. The summed E-state index contributed by atoms with van der Waals surface area (Å²) in [7, 11) is 3.53. The van der Waals surface area contributed by atoms with Crippen molar-refractivity contribution >= 4 is 29.3 Å². The summed E-state index contributed by atoms with van der Waals surface area (Å²) in [4.78, 5) is 14.3. The molecule has 0 spiro atoms. The molecule has 0 N–H and O–H groups in total. The van der Waals surface area contributed by atoms with E-state index in [1.807, 2.05) is 31.2 Å². The van der Waals surface area contributed by atoms with Gasteiger partial charge in [-0.15, -0.1) is 11.8 Å². The molecule has 0 saturated heterocycles. The predicted molar refractivity (Wildman–Crippen MR) is 65.5 cm³/mol. The molecule has 1 atom stereocenters. The molecule has 82 valence electrons. The van der Waals surface area contributed by atoms with Crippen LogP contribution in [0.1, 0.15) is 6.92 Å². The minimum absolute atomic E-state index is 0.0684. The van der Waals surface area contributed by atoms with E-state index in [9.17, 15) is 4.79 Å². The van der Waals surface area contributed by atoms with Gasteiger partial charge in [-0.05, 0) is 31.2 Å². The number of hydrogen-bond donors (Lipinski definition) is 0. The number of thioether (sulfide) groups is 1. The molecule has 0 radical (unpaired) electrons. The van der Waals surface area contributed by atoms with Crippen LogP contribution in [0, 0.1) is 0 Å². The maximum atomic E-state index is 11.6. The first-order valence-corrected chi connectivity index (χ1v) is 5.90. The minimum Gasteiger partial charge on any atom is -0.348 e. The highest BCUT2D eigenvalue weighted by atomic mass is 35.5. The van der Waals surface area contributed by atoms with Gasteiger partial charge in [0.05, 0.1) is 5.25 Å². The molecular formula is C11H14ClNOS. The third-order valence-corrected chi connectivity index (χ3v) is 3.27.